The molecule has 3 rings (SSSR count). The maximum Gasteiger partial charge on any atom is 0.303 e. The molecule has 0 spiro atoms. The van der Waals surface area contributed by atoms with Gasteiger partial charge in [0.1, 0.15) is 17.6 Å². The molecule has 0 saturated carbocycles. The number of pyridine rings is 1. The van der Waals surface area contributed by atoms with Crippen LogP contribution in [0.15, 0.2) is 72.0 Å². The number of rotatable bonds is 24. The first-order chi connectivity index (χ1) is 27.8. The molecule has 0 fully saturated rings. The number of hydrogen-bond acceptors (Lipinski definition) is 12. The average Bonchev–Trinajstić information content (AvgIpc) is 3.19. The predicted octanol–water partition coefficient (Wildman–Crippen LogP) is 1.63. The number of ether oxygens (including phenoxy) is 2. The molecule has 0 aliphatic rings. The lowest BCUT2D eigenvalue weighted by Crippen LogP contribution is -2.47. The van der Waals surface area contributed by atoms with Gasteiger partial charge in [-0.3, -0.25) is 39.6 Å². The van der Waals surface area contributed by atoms with Gasteiger partial charge in [0.15, 0.2) is 5.96 Å². The molecule has 2 aromatic carbocycles. The largest absolute Gasteiger partial charge is 0.494 e. The van der Waals surface area contributed by atoms with Crippen LogP contribution in [0.2, 0.25) is 0 Å². The number of hydrogen-bond donors (Lipinski definition) is 10. The van der Waals surface area contributed by atoms with Crippen molar-refractivity contribution in [1.82, 2.24) is 26.3 Å². The highest BCUT2D eigenvalue weighted by molar-refractivity contribution is 6.00. The van der Waals surface area contributed by atoms with Gasteiger partial charge in [-0.05, 0) is 81.3 Å². The van der Waals surface area contributed by atoms with Crippen molar-refractivity contribution in [3.8, 4) is 5.75 Å². The number of carboxylic acids is 1. The Morgan fingerprint density at radius 2 is 1.59 bits per heavy atom. The Morgan fingerprint density at radius 3 is 2.28 bits per heavy atom. The Kier molecular flexibility index (Phi) is 19.1. The molecule has 3 aromatic rings. The number of nitrogens with zero attached hydrogens (tertiary/aromatic N) is 2. The molecule has 310 valence electrons. The number of carboxylic acid groups (broad SMARTS) is 1. The molecular formula is C38H49N11O9. The van der Waals surface area contributed by atoms with Gasteiger partial charge in [0.2, 0.25) is 17.7 Å². The number of nitrogens with two attached hydrogens (primary N) is 1. The van der Waals surface area contributed by atoms with Crippen molar-refractivity contribution in [3.63, 3.8) is 0 Å². The molecule has 20 heteroatoms. The van der Waals surface area contributed by atoms with E-state index >= 15 is 0 Å². The Labute approximate surface area is 334 Å². The van der Waals surface area contributed by atoms with Crippen LogP contribution in [0, 0.1) is 5.41 Å². The van der Waals surface area contributed by atoms with Crippen LogP contribution in [0.1, 0.15) is 60.2 Å². The standard InChI is InChI=1S/C38H49N11O9/c1-24(2)48-49-31-13-7-26(22-43-31)36(55)42-17-20-57-19-15-32(50)41-16-4-18-58-29-10-8-27(9-11-29)45-37(56)30(12-14-34(52)53)47-33(51)23-44-35(54)25-5-3-6-28(21-25)46-38(39)40/h3,5-11,13,21-22,30H,4,12,14-20,23H2,1-2H3,(H,41,50)(H,42,55)(H,43,49)(H,44,54)(H,45,56)(H,47,51)(H,52,53)(H4,39,40,46). The van der Waals surface area contributed by atoms with E-state index in [9.17, 15) is 28.8 Å². The average molecular weight is 804 g/mol. The number of amides is 5. The zero-order chi connectivity index (χ0) is 42.3. The fourth-order valence-corrected chi connectivity index (χ4v) is 4.75. The number of aromatic nitrogens is 1. The molecule has 11 N–H and O–H groups in total. The van der Waals surface area contributed by atoms with Gasteiger partial charge < -0.3 is 52.2 Å². The summed E-state index contributed by atoms with van der Waals surface area (Å²) in [7, 11) is 0. The highest BCUT2D eigenvalue weighted by Gasteiger charge is 2.22. The molecule has 0 saturated heterocycles. The van der Waals surface area contributed by atoms with Crippen LogP contribution in [0.25, 0.3) is 0 Å². The minimum absolute atomic E-state index is 0.147. The number of aliphatic carboxylic acids is 1. The van der Waals surface area contributed by atoms with E-state index in [1.165, 1.54) is 18.3 Å². The molecule has 5 amide bonds. The maximum absolute atomic E-state index is 13.0. The summed E-state index contributed by atoms with van der Waals surface area (Å²) in [5.41, 5.74) is 10.3. The first-order valence-electron chi connectivity index (χ1n) is 18.2. The van der Waals surface area contributed by atoms with Crippen LogP contribution in [-0.4, -0.2) is 103 Å². The summed E-state index contributed by atoms with van der Waals surface area (Å²) in [6, 6.07) is 14.5. The van der Waals surface area contributed by atoms with Crippen LogP contribution in [-0.2, 0) is 23.9 Å². The molecule has 0 radical (unpaired) electrons. The van der Waals surface area contributed by atoms with Crippen LogP contribution < -0.4 is 47.8 Å². The van der Waals surface area contributed by atoms with Crippen molar-refractivity contribution in [3.05, 3.63) is 78.0 Å². The zero-order valence-electron chi connectivity index (χ0n) is 32.2. The van der Waals surface area contributed by atoms with E-state index in [1.807, 2.05) is 13.8 Å². The van der Waals surface area contributed by atoms with Gasteiger partial charge in [0, 0.05) is 54.8 Å². The minimum atomic E-state index is -1.21. The fraction of sp³-hybridized carbons (Fsp3) is 0.342. The molecule has 0 aliphatic heterocycles. The quantitative estimate of drug-likeness (QED) is 0.0267. The molecule has 58 heavy (non-hydrogen) atoms. The number of carbonyl (C=O) groups excluding carboxylic acids is 5. The predicted molar refractivity (Wildman–Crippen MR) is 216 cm³/mol. The maximum atomic E-state index is 13.0. The Balaban J connectivity index is 1.30. The molecular weight excluding hydrogens is 754 g/mol. The summed E-state index contributed by atoms with van der Waals surface area (Å²) in [5.74, 6) is -2.92. The lowest BCUT2D eigenvalue weighted by molar-refractivity contribution is -0.137. The zero-order valence-corrected chi connectivity index (χ0v) is 32.2. The van der Waals surface area contributed by atoms with E-state index in [4.69, 9.17) is 25.7 Å². The van der Waals surface area contributed by atoms with Gasteiger partial charge >= 0.3 is 5.97 Å². The summed E-state index contributed by atoms with van der Waals surface area (Å²) in [6.07, 6.45) is 1.51. The second kappa shape index (κ2) is 24.4. The number of benzene rings is 2. The van der Waals surface area contributed by atoms with Crippen molar-refractivity contribution in [2.45, 2.75) is 45.6 Å². The lowest BCUT2D eigenvalue weighted by Gasteiger charge is -2.18. The monoisotopic (exact) mass is 803 g/mol. The minimum Gasteiger partial charge on any atom is -0.494 e. The number of carbonyl (C=O) groups is 6. The van der Waals surface area contributed by atoms with Crippen molar-refractivity contribution < 1.29 is 43.3 Å². The second-order valence-electron chi connectivity index (χ2n) is 12.6. The van der Waals surface area contributed by atoms with E-state index in [1.54, 1.807) is 48.5 Å². The van der Waals surface area contributed by atoms with Crippen LogP contribution in [0.5, 0.6) is 5.75 Å². The van der Waals surface area contributed by atoms with E-state index in [0.29, 0.717) is 48.1 Å². The molecule has 0 bridgehead atoms. The molecule has 1 atom stereocenters. The Bertz CT molecular complexity index is 1900. The van der Waals surface area contributed by atoms with Gasteiger partial charge in [-0.2, -0.15) is 5.10 Å². The number of guanidine groups is 1. The smallest absolute Gasteiger partial charge is 0.303 e. The third-order valence-corrected chi connectivity index (χ3v) is 7.57. The third kappa shape index (κ3) is 18.0. The van der Waals surface area contributed by atoms with E-state index in [-0.39, 0.29) is 55.9 Å². The number of nitrogens with one attached hydrogen (secondary N) is 8. The summed E-state index contributed by atoms with van der Waals surface area (Å²) < 4.78 is 11.2. The van der Waals surface area contributed by atoms with E-state index < -0.39 is 42.7 Å². The first-order valence-corrected chi connectivity index (χ1v) is 18.2. The second-order valence-corrected chi connectivity index (χ2v) is 12.6. The third-order valence-electron chi connectivity index (χ3n) is 7.57. The van der Waals surface area contributed by atoms with Gasteiger partial charge in [0.05, 0.1) is 31.9 Å². The van der Waals surface area contributed by atoms with E-state index in [2.05, 4.69) is 47.4 Å². The summed E-state index contributed by atoms with van der Waals surface area (Å²) in [5, 5.41) is 36.1. The van der Waals surface area contributed by atoms with Crippen molar-refractivity contribution in [2.24, 2.45) is 10.8 Å². The van der Waals surface area contributed by atoms with Crippen LogP contribution >= 0.6 is 0 Å². The highest BCUT2D eigenvalue weighted by Crippen LogP contribution is 2.17. The van der Waals surface area contributed by atoms with Gasteiger partial charge in [-0.25, -0.2) is 4.98 Å². The normalized spacial score (nSPS) is 10.9. The van der Waals surface area contributed by atoms with Crippen molar-refractivity contribution >= 4 is 64.4 Å². The summed E-state index contributed by atoms with van der Waals surface area (Å²) in [4.78, 5) is 77.9. The van der Waals surface area contributed by atoms with Gasteiger partial charge in [0.25, 0.3) is 11.8 Å². The highest BCUT2D eigenvalue weighted by atomic mass is 16.5. The number of anilines is 3. The molecule has 1 unspecified atom stereocenters. The molecule has 1 aromatic heterocycles. The van der Waals surface area contributed by atoms with Gasteiger partial charge in [-0.1, -0.05) is 6.07 Å². The van der Waals surface area contributed by atoms with E-state index in [0.717, 1.165) is 5.71 Å². The van der Waals surface area contributed by atoms with Crippen LogP contribution in [0.3, 0.4) is 0 Å². The number of hydrazone groups is 1. The lowest BCUT2D eigenvalue weighted by atomic mass is 10.1. The fourth-order valence-electron chi connectivity index (χ4n) is 4.75. The van der Waals surface area contributed by atoms with Crippen molar-refractivity contribution in [1.29, 1.82) is 5.41 Å². The molecule has 1 heterocycles. The molecule has 20 nitrogen and oxygen atoms in total. The SMILES string of the molecule is CC(C)=NNc1ccc(C(=O)NCCOCCC(=O)NCCCOc2ccc(NC(=O)C(CCC(=O)O)NC(=O)CNC(=O)c3cccc(NC(=N)N)c3)cc2)cn1. The van der Waals surface area contributed by atoms with Crippen LogP contribution in [0.4, 0.5) is 17.2 Å². The first kappa shape index (κ1) is 45.3. The Hall–Kier alpha value is -7.09. The topological polar surface area (TPSA) is 300 Å². The Morgan fingerprint density at radius 1 is 0.828 bits per heavy atom. The van der Waals surface area contributed by atoms with Crippen molar-refractivity contribution in [2.75, 3.05) is 55.5 Å². The van der Waals surface area contributed by atoms with Gasteiger partial charge in [-0.15, -0.1) is 0 Å². The summed E-state index contributed by atoms with van der Waals surface area (Å²) >= 11 is 0. The molecule has 0 aliphatic carbocycles. The summed E-state index contributed by atoms with van der Waals surface area (Å²) in [6.45, 7) is 4.54.